The fourth-order valence-electron chi connectivity index (χ4n) is 0.782. The van der Waals surface area contributed by atoms with Crippen LogP contribution in [0.25, 0.3) is 0 Å². The van der Waals surface area contributed by atoms with Gasteiger partial charge in [0, 0.05) is 0 Å². The lowest BCUT2D eigenvalue weighted by Crippen LogP contribution is -2.36. The van der Waals surface area contributed by atoms with Crippen LogP contribution in [0.2, 0.25) is 0 Å². The Morgan fingerprint density at radius 3 is 3.11 bits per heavy atom. The maximum absolute atomic E-state index is 8.56. The summed E-state index contributed by atoms with van der Waals surface area (Å²) in [6.07, 6.45) is 3.70. The van der Waals surface area contributed by atoms with Gasteiger partial charge in [0.1, 0.15) is 0 Å². The van der Waals surface area contributed by atoms with Crippen LogP contribution in [0.4, 0.5) is 0 Å². The Balaban J connectivity index is 2.33. The number of ether oxygens (including phenoxy) is 1. The van der Waals surface area contributed by atoms with Gasteiger partial charge in [0.2, 0.25) is 0 Å². The zero-order valence-electron chi connectivity index (χ0n) is 5.16. The predicted molar refractivity (Wildman–Crippen MR) is 33.9 cm³/mol. The normalized spacial score (nSPS) is 28.9. The SMILES string of the molecule is NC(CO)C1C=CCO1. The van der Waals surface area contributed by atoms with E-state index in [1.165, 1.54) is 0 Å². The van der Waals surface area contributed by atoms with Gasteiger partial charge in [0.05, 0.1) is 25.4 Å². The van der Waals surface area contributed by atoms with E-state index in [0.717, 1.165) is 0 Å². The van der Waals surface area contributed by atoms with Crippen LogP contribution >= 0.6 is 0 Å². The first-order valence-corrected chi connectivity index (χ1v) is 2.99. The molecule has 1 rings (SSSR count). The van der Waals surface area contributed by atoms with Crippen molar-refractivity contribution in [2.45, 2.75) is 12.1 Å². The molecule has 0 aromatic rings. The van der Waals surface area contributed by atoms with Crippen molar-refractivity contribution in [3.05, 3.63) is 12.2 Å². The van der Waals surface area contributed by atoms with Crippen LogP contribution in [-0.4, -0.2) is 30.5 Å². The molecule has 2 atom stereocenters. The number of hydrogen-bond acceptors (Lipinski definition) is 3. The Kier molecular flexibility index (Phi) is 2.22. The third-order valence-corrected chi connectivity index (χ3v) is 1.34. The summed E-state index contributed by atoms with van der Waals surface area (Å²) < 4.78 is 5.11. The van der Waals surface area contributed by atoms with E-state index in [0.29, 0.717) is 6.61 Å². The summed E-state index contributed by atoms with van der Waals surface area (Å²) in [5, 5.41) is 8.56. The van der Waals surface area contributed by atoms with E-state index in [4.69, 9.17) is 15.6 Å². The average molecular weight is 129 g/mol. The molecular formula is C6H11NO2. The first-order valence-electron chi connectivity index (χ1n) is 2.99. The third-order valence-electron chi connectivity index (χ3n) is 1.34. The van der Waals surface area contributed by atoms with Gasteiger partial charge in [-0.25, -0.2) is 0 Å². The van der Waals surface area contributed by atoms with Crippen molar-refractivity contribution in [2.24, 2.45) is 5.73 Å². The highest BCUT2D eigenvalue weighted by Crippen LogP contribution is 2.05. The summed E-state index contributed by atoms with van der Waals surface area (Å²) in [4.78, 5) is 0. The summed E-state index contributed by atoms with van der Waals surface area (Å²) in [6, 6.07) is -0.260. The molecule has 0 spiro atoms. The van der Waals surface area contributed by atoms with Gasteiger partial charge in [0.15, 0.2) is 0 Å². The lowest BCUT2D eigenvalue weighted by molar-refractivity contribution is 0.0851. The second kappa shape index (κ2) is 2.96. The number of nitrogens with two attached hydrogens (primary N) is 1. The Morgan fingerprint density at radius 2 is 2.67 bits per heavy atom. The summed E-state index contributed by atoms with van der Waals surface area (Å²) in [6.45, 7) is 0.605. The van der Waals surface area contributed by atoms with Gasteiger partial charge in [-0.15, -0.1) is 0 Å². The van der Waals surface area contributed by atoms with Crippen molar-refractivity contribution in [2.75, 3.05) is 13.2 Å². The van der Waals surface area contributed by atoms with Crippen LogP contribution in [0.15, 0.2) is 12.2 Å². The number of hydrogen-bond donors (Lipinski definition) is 2. The number of aliphatic hydroxyl groups is 1. The largest absolute Gasteiger partial charge is 0.395 e. The molecule has 0 aromatic carbocycles. The maximum Gasteiger partial charge on any atom is 0.0934 e. The highest BCUT2D eigenvalue weighted by Gasteiger charge is 2.16. The van der Waals surface area contributed by atoms with Gasteiger partial charge in [-0.3, -0.25) is 0 Å². The average Bonchev–Trinajstić information content (AvgIpc) is 2.37. The molecule has 0 saturated heterocycles. The van der Waals surface area contributed by atoms with Crippen LogP contribution in [0.3, 0.4) is 0 Å². The molecule has 0 bridgehead atoms. The molecular weight excluding hydrogens is 118 g/mol. The van der Waals surface area contributed by atoms with E-state index in [2.05, 4.69) is 0 Å². The zero-order valence-corrected chi connectivity index (χ0v) is 5.16. The minimum Gasteiger partial charge on any atom is -0.395 e. The molecule has 3 nitrogen and oxygen atoms in total. The Hall–Kier alpha value is -0.380. The minimum atomic E-state index is -0.260. The molecule has 0 fully saturated rings. The van der Waals surface area contributed by atoms with Gasteiger partial charge in [-0.05, 0) is 0 Å². The Bertz CT molecular complexity index is 114. The smallest absolute Gasteiger partial charge is 0.0934 e. The molecule has 0 aromatic heterocycles. The first-order chi connectivity index (χ1) is 4.34. The molecule has 3 heteroatoms. The van der Waals surface area contributed by atoms with Crippen molar-refractivity contribution < 1.29 is 9.84 Å². The third kappa shape index (κ3) is 1.51. The highest BCUT2D eigenvalue weighted by atomic mass is 16.5. The van der Waals surface area contributed by atoms with Crippen molar-refractivity contribution >= 4 is 0 Å². The molecule has 9 heavy (non-hydrogen) atoms. The fourth-order valence-corrected chi connectivity index (χ4v) is 0.782. The van der Waals surface area contributed by atoms with Gasteiger partial charge in [-0.1, -0.05) is 12.2 Å². The van der Waals surface area contributed by atoms with Crippen molar-refractivity contribution in [3.63, 3.8) is 0 Å². The van der Waals surface area contributed by atoms with Crippen molar-refractivity contribution in [1.29, 1.82) is 0 Å². The highest BCUT2D eigenvalue weighted by molar-refractivity contribution is 5.00. The molecule has 3 N–H and O–H groups in total. The monoisotopic (exact) mass is 129 g/mol. The quantitative estimate of drug-likeness (QED) is 0.483. The molecule has 0 aliphatic carbocycles. The van der Waals surface area contributed by atoms with E-state index in [-0.39, 0.29) is 18.8 Å². The predicted octanol–water partition coefficient (Wildman–Crippen LogP) is -0.739. The fraction of sp³-hybridized carbons (Fsp3) is 0.667. The van der Waals surface area contributed by atoms with Gasteiger partial charge in [0.25, 0.3) is 0 Å². The molecule has 2 unspecified atom stereocenters. The minimum absolute atomic E-state index is 0.0188. The van der Waals surface area contributed by atoms with Crippen molar-refractivity contribution in [3.8, 4) is 0 Å². The molecule has 0 radical (unpaired) electrons. The summed E-state index contributed by atoms with van der Waals surface area (Å²) >= 11 is 0. The van der Waals surface area contributed by atoms with E-state index in [9.17, 15) is 0 Å². The second-order valence-corrected chi connectivity index (χ2v) is 2.07. The van der Waals surface area contributed by atoms with Crippen LogP contribution in [-0.2, 0) is 4.74 Å². The standard InChI is InChI=1S/C6H11NO2/c7-5(4-8)6-2-1-3-9-6/h1-2,5-6,8H,3-4,7H2. The second-order valence-electron chi connectivity index (χ2n) is 2.07. The lowest BCUT2D eigenvalue weighted by Gasteiger charge is -2.13. The molecule has 1 aliphatic heterocycles. The van der Waals surface area contributed by atoms with E-state index < -0.39 is 0 Å². The van der Waals surface area contributed by atoms with E-state index in [1.54, 1.807) is 0 Å². The lowest BCUT2D eigenvalue weighted by atomic mass is 10.2. The van der Waals surface area contributed by atoms with Crippen molar-refractivity contribution in [1.82, 2.24) is 0 Å². The molecule has 0 amide bonds. The summed E-state index contributed by atoms with van der Waals surface area (Å²) in [5.74, 6) is 0. The van der Waals surface area contributed by atoms with Crippen LogP contribution in [0, 0.1) is 0 Å². The van der Waals surface area contributed by atoms with Gasteiger partial charge < -0.3 is 15.6 Å². The number of rotatable bonds is 2. The van der Waals surface area contributed by atoms with Crippen LogP contribution < -0.4 is 5.73 Å². The topological polar surface area (TPSA) is 55.5 Å². The summed E-state index contributed by atoms with van der Waals surface area (Å²) in [7, 11) is 0. The van der Waals surface area contributed by atoms with Gasteiger partial charge in [-0.2, -0.15) is 0 Å². The molecule has 0 saturated carbocycles. The summed E-state index contributed by atoms with van der Waals surface area (Å²) in [5.41, 5.74) is 5.45. The Labute approximate surface area is 54.1 Å². The number of aliphatic hydroxyl groups excluding tert-OH is 1. The zero-order chi connectivity index (χ0) is 6.69. The van der Waals surface area contributed by atoms with E-state index >= 15 is 0 Å². The first kappa shape index (κ1) is 6.74. The Morgan fingerprint density at radius 1 is 1.89 bits per heavy atom. The van der Waals surface area contributed by atoms with E-state index in [1.807, 2.05) is 12.2 Å². The molecule has 1 heterocycles. The van der Waals surface area contributed by atoms with Crippen LogP contribution in [0.5, 0.6) is 0 Å². The van der Waals surface area contributed by atoms with Crippen LogP contribution in [0.1, 0.15) is 0 Å². The maximum atomic E-state index is 8.56. The molecule has 52 valence electrons. The van der Waals surface area contributed by atoms with Gasteiger partial charge >= 0.3 is 0 Å². The molecule has 1 aliphatic rings.